The quantitative estimate of drug-likeness (QED) is 0.700. The van der Waals surface area contributed by atoms with Crippen LogP contribution in [0.3, 0.4) is 0 Å². The van der Waals surface area contributed by atoms with Gasteiger partial charge in [0.05, 0.1) is 0 Å². The Kier molecular flexibility index (Phi) is 4.48. The van der Waals surface area contributed by atoms with E-state index < -0.39 is 11.2 Å². The van der Waals surface area contributed by atoms with E-state index in [1.54, 1.807) is 23.4 Å². The summed E-state index contributed by atoms with van der Waals surface area (Å²) < 4.78 is 0.912. The third kappa shape index (κ3) is 3.23. The van der Waals surface area contributed by atoms with Gasteiger partial charge in [-0.1, -0.05) is 0 Å². The molecule has 0 spiro atoms. The topological polar surface area (TPSA) is 107 Å². The van der Waals surface area contributed by atoms with E-state index in [-0.39, 0.29) is 11.5 Å². The maximum absolute atomic E-state index is 12.5. The summed E-state index contributed by atoms with van der Waals surface area (Å²) in [7, 11) is 1.35. The zero-order valence-corrected chi connectivity index (χ0v) is 15.0. The molecule has 142 valence electrons. The van der Waals surface area contributed by atoms with Crippen LogP contribution in [0.25, 0.3) is 0 Å². The highest BCUT2D eigenvalue weighted by Gasteiger charge is 2.37. The van der Waals surface area contributed by atoms with Gasteiger partial charge in [0.1, 0.15) is 5.56 Å². The number of aromatic nitrogens is 4. The Morgan fingerprint density at radius 3 is 2.44 bits per heavy atom. The molecule has 4 rings (SSSR count). The van der Waals surface area contributed by atoms with Gasteiger partial charge in [-0.25, -0.2) is 14.8 Å². The van der Waals surface area contributed by atoms with Crippen molar-refractivity contribution in [2.75, 3.05) is 44.2 Å². The highest BCUT2D eigenvalue weighted by molar-refractivity contribution is 5.94. The second-order valence-electron chi connectivity index (χ2n) is 6.81. The summed E-state index contributed by atoms with van der Waals surface area (Å²) in [6.45, 7) is 4.62. The zero-order chi connectivity index (χ0) is 19.0. The summed E-state index contributed by atoms with van der Waals surface area (Å²) in [5, 5.41) is 0. The van der Waals surface area contributed by atoms with Crippen LogP contribution in [0.15, 0.2) is 34.2 Å². The summed E-state index contributed by atoms with van der Waals surface area (Å²) in [4.78, 5) is 53.2. The van der Waals surface area contributed by atoms with Gasteiger partial charge in [-0.05, 0) is 6.07 Å². The molecule has 0 radical (unpaired) electrons. The molecule has 0 aliphatic carbocycles. The molecule has 2 saturated heterocycles. The molecule has 10 heteroatoms. The minimum Gasteiger partial charge on any atom is -0.338 e. The Morgan fingerprint density at radius 1 is 1.11 bits per heavy atom. The van der Waals surface area contributed by atoms with Crippen LogP contribution < -0.4 is 16.1 Å². The van der Waals surface area contributed by atoms with Crippen molar-refractivity contribution >= 4 is 11.9 Å². The number of hydrogen-bond donors (Lipinski definition) is 1. The monoisotopic (exact) mass is 371 g/mol. The van der Waals surface area contributed by atoms with E-state index in [2.05, 4.69) is 24.8 Å². The third-order valence-corrected chi connectivity index (χ3v) is 5.23. The number of anilines is 1. The third-order valence-electron chi connectivity index (χ3n) is 5.23. The van der Waals surface area contributed by atoms with Crippen LogP contribution in [0.5, 0.6) is 0 Å². The van der Waals surface area contributed by atoms with E-state index in [4.69, 9.17) is 0 Å². The Hall–Kier alpha value is -3.01. The van der Waals surface area contributed by atoms with E-state index in [0.717, 1.165) is 36.7 Å². The van der Waals surface area contributed by atoms with Gasteiger partial charge < -0.3 is 14.8 Å². The van der Waals surface area contributed by atoms with Crippen molar-refractivity contribution in [2.45, 2.75) is 6.04 Å². The molecule has 2 aromatic heterocycles. The first-order valence-electron chi connectivity index (χ1n) is 8.88. The first kappa shape index (κ1) is 17.4. The SMILES string of the molecule is Cn1c(=O)[nH]cc(C(=O)N2CC(N3CCN(c4ncccn4)CC3)C2)c1=O. The van der Waals surface area contributed by atoms with E-state index in [9.17, 15) is 14.4 Å². The Balaban J connectivity index is 1.33. The number of likely N-dealkylation sites (tertiary alicyclic amines) is 1. The highest BCUT2D eigenvalue weighted by Crippen LogP contribution is 2.19. The molecule has 2 fully saturated rings. The van der Waals surface area contributed by atoms with Crippen LogP contribution in [0.4, 0.5) is 5.95 Å². The maximum Gasteiger partial charge on any atom is 0.328 e. The fraction of sp³-hybridized carbons (Fsp3) is 0.471. The van der Waals surface area contributed by atoms with Crippen LogP contribution in [0.2, 0.25) is 0 Å². The fourth-order valence-corrected chi connectivity index (χ4v) is 3.48. The minimum atomic E-state index is -0.566. The smallest absolute Gasteiger partial charge is 0.328 e. The average molecular weight is 371 g/mol. The maximum atomic E-state index is 12.5. The van der Waals surface area contributed by atoms with Crippen molar-refractivity contribution in [1.82, 2.24) is 29.3 Å². The van der Waals surface area contributed by atoms with E-state index in [1.165, 1.54) is 13.2 Å². The number of carbonyl (C=O) groups is 1. The number of piperazine rings is 1. The molecule has 27 heavy (non-hydrogen) atoms. The molecule has 1 N–H and O–H groups in total. The van der Waals surface area contributed by atoms with Gasteiger partial charge in [0.25, 0.3) is 11.5 Å². The number of nitrogens with zero attached hydrogens (tertiary/aromatic N) is 6. The van der Waals surface area contributed by atoms with Gasteiger partial charge in [0.2, 0.25) is 5.95 Å². The summed E-state index contributed by atoms with van der Waals surface area (Å²) in [5.74, 6) is 0.413. The Labute approximate surface area is 155 Å². The molecule has 0 atom stereocenters. The molecule has 0 bridgehead atoms. The van der Waals surface area contributed by atoms with Gasteiger partial charge >= 0.3 is 5.69 Å². The van der Waals surface area contributed by atoms with Crippen molar-refractivity contribution in [2.24, 2.45) is 7.05 Å². The van der Waals surface area contributed by atoms with Gasteiger partial charge in [0.15, 0.2) is 0 Å². The number of amides is 1. The van der Waals surface area contributed by atoms with Crippen molar-refractivity contribution in [3.8, 4) is 0 Å². The summed E-state index contributed by atoms with van der Waals surface area (Å²) in [5.41, 5.74) is -1.09. The number of aromatic amines is 1. The second kappa shape index (κ2) is 6.95. The first-order chi connectivity index (χ1) is 13.0. The average Bonchev–Trinajstić information content (AvgIpc) is 2.66. The van der Waals surface area contributed by atoms with Crippen molar-refractivity contribution in [3.05, 3.63) is 51.1 Å². The lowest BCUT2D eigenvalue weighted by molar-refractivity contribution is 0.0243. The van der Waals surface area contributed by atoms with Gasteiger partial charge in [-0.2, -0.15) is 0 Å². The standard InChI is InChI=1S/C17H21N7O3/c1-21-14(25)13(9-20-17(21)27)15(26)24-10-12(11-24)22-5-7-23(8-6-22)16-18-3-2-4-19-16/h2-4,9,12H,5-8,10-11H2,1H3,(H,20,27). The van der Waals surface area contributed by atoms with Crippen LogP contribution in [0, 0.1) is 0 Å². The normalized spacial score (nSPS) is 18.4. The van der Waals surface area contributed by atoms with E-state index in [1.807, 2.05) is 0 Å². The van der Waals surface area contributed by atoms with Crippen molar-refractivity contribution < 1.29 is 4.79 Å². The number of nitrogens with one attached hydrogen (secondary N) is 1. The van der Waals surface area contributed by atoms with Crippen molar-refractivity contribution in [3.63, 3.8) is 0 Å². The summed E-state index contributed by atoms with van der Waals surface area (Å²) in [6.07, 6.45) is 4.69. The molecule has 1 amide bonds. The van der Waals surface area contributed by atoms with Gasteiger partial charge in [-0.3, -0.25) is 19.1 Å². The Morgan fingerprint density at radius 2 is 1.78 bits per heavy atom. The fourth-order valence-electron chi connectivity index (χ4n) is 3.48. The first-order valence-corrected chi connectivity index (χ1v) is 8.88. The van der Waals surface area contributed by atoms with Gasteiger partial charge in [0, 0.05) is 70.9 Å². The number of H-pyrrole nitrogens is 1. The predicted octanol–water partition coefficient (Wildman–Crippen LogP) is -1.49. The van der Waals surface area contributed by atoms with Crippen molar-refractivity contribution in [1.29, 1.82) is 0 Å². The zero-order valence-electron chi connectivity index (χ0n) is 15.0. The lowest BCUT2D eigenvalue weighted by Crippen LogP contribution is -2.64. The molecule has 4 heterocycles. The summed E-state index contributed by atoms with van der Waals surface area (Å²) >= 11 is 0. The molecule has 2 aliphatic heterocycles. The molecular formula is C17H21N7O3. The van der Waals surface area contributed by atoms with E-state index in [0.29, 0.717) is 19.1 Å². The molecule has 10 nitrogen and oxygen atoms in total. The summed E-state index contributed by atoms with van der Waals surface area (Å²) in [6, 6.07) is 2.09. The second-order valence-corrected chi connectivity index (χ2v) is 6.81. The van der Waals surface area contributed by atoms with E-state index >= 15 is 0 Å². The number of rotatable bonds is 3. The molecule has 0 saturated carbocycles. The lowest BCUT2D eigenvalue weighted by Gasteiger charge is -2.48. The molecule has 0 unspecified atom stereocenters. The lowest BCUT2D eigenvalue weighted by atomic mass is 10.0. The highest BCUT2D eigenvalue weighted by atomic mass is 16.2. The van der Waals surface area contributed by atoms with Gasteiger partial charge in [-0.15, -0.1) is 0 Å². The van der Waals surface area contributed by atoms with Crippen LogP contribution >= 0.6 is 0 Å². The molecular weight excluding hydrogens is 350 g/mol. The molecule has 2 aliphatic rings. The minimum absolute atomic E-state index is 0.00148. The Bertz CT molecular complexity index is 941. The number of carbonyl (C=O) groups excluding carboxylic acids is 1. The largest absolute Gasteiger partial charge is 0.338 e. The predicted molar refractivity (Wildman–Crippen MR) is 97.8 cm³/mol. The van der Waals surface area contributed by atoms with Crippen LogP contribution in [-0.2, 0) is 7.05 Å². The molecule has 2 aromatic rings. The molecule has 0 aromatic carbocycles. The van der Waals surface area contributed by atoms with Crippen LogP contribution in [0.1, 0.15) is 10.4 Å². The van der Waals surface area contributed by atoms with Crippen LogP contribution in [-0.4, -0.2) is 80.5 Å². The number of hydrogen-bond acceptors (Lipinski definition) is 7.